The molecule has 47 heavy (non-hydrogen) atoms. The second-order valence-electron chi connectivity index (χ2n) is 12.1. The molecule has 0 radical (unpaired) electrons. The Labute approximate surface area is 267 Å². The van der Waals surface area contributed by atoms with Gasteiger partial charge in [-0.05, 0) is 54.6 Å². The molecule has 5 aromatic carbocycles. The zero-order chi connectivity index (χ0) is 30.6. The van der Waals surface area contributed by atoms with Crippen LogP contribution in [0.2, 0.25) is 0 Å². The average molecular weight is 601 g/mol. The molecule has 0 fully saturated rings. The second-order valence-corrected chi connectivity index (χ2v) is 12.1. The summed E-state index contributed by atoms with van der Waals surface area (Å²) >= 11 is 0. The number of fused-ring (bicyclic) bond motifs is 16. The topological polar surface area (TPSA) is 52.9 Å². The van der Waals surface area contributed by atoms with Gasteiger partial charge in [0.1, 0.15) is 11.2 Å². The third-order valence-electron chi connectivity index (χ3n) is 9.76. The van der Waals surface area contributed by atoms with Crippen LogP contribution in [0, 0.1) is 0 Å². The first-order valence-corrected chi connectivity index (χ1v) is 15.8. The Morgan fingerprint density at radius 2 is 1.06 bits per heavy atom. The monoisotopic (exact) mass is 600 g/mol. The maximum absolute atomic E-state index is 5.14. The lowest BCUT2D eigenvalue weighted by Crippen LogP contribution is -1.98. The molecule has 0 aliphatic heterocycles. The predicted octanol–water partition coefficient (Wildman–Crippen LogP) is 9.78. The summed E-state index contributed by atoms with van der Waals surface area (Å²) in [7, 11) is 0. The van der Waals surface area contributed by atoms with Gasteiger partial charge in [-0.3, -0.25) is 14.4 Å². The Bertz CT molecular complexity index is 3060. The molecular weight excluding hydrogens is 576 g/mol. The van der Waals surface area contributed by atoms with Gasteiger partial charge in [-0.25, -0.2) is 4.98 Å². The van der Waals surface area contributed by atoms with E-state index in [1.807, 2.05) is 30.9 Å². The fraction of sp³-hybridized carbons (Fsp3) is 0. The van der Waals surface area contributed by atoms with E-state index in [4.69, 9.17) is 4.98 Å². The lowest BCUT2D eigenvalue weighted by atomic mass is 10.00. The number of hydrogen-bond acceptors (Lipinski definition) is 3. The highest BCUT2D eigenvalue weighted by Crippen LogP contribution is 2.45. The van der Waals surface area contributed by atoms with E-state index in [0.717, 1.165) is 49.9 Å². The van der Waals surface area contributed by atoms with Crippen LogP contribution in [0.3, 0.4) is 0 Å². The van der Waals surface area contributed by atoms with Crippen LogP contribution in [-0.4, -0.2) is 28.5 Å². The van der Waals surface area contributed by atoms with Crippen LogP contribution in [-0.2, 0) is 0 Å². The molecule has 6 heterocycles. The van der Waals surface area contributed by atoms with Gasteiger partial charge >= 0.3 is 0 Å². The van der Waals surface area contributed by atoms with Crippen LogP contribution in [0.4, 0.5) is 0 Å². The molecule has 0 aliphatic carbocycles. The molecule has 0 unspecified atom stereocenters. The molecule has 0 N–H and O–H groups in total. The van der Waals surface area contributed by atoms with Gasteiger partial charge in [0.2, 0.25) is 0 Å². The fourth-order valence-electron chi connectivity index (χ4n) is 7.93. The van der Waals surface area contributed by atoms with Crippen molar-refractivity contribution in [2.45, 2.75) is 0 Å². The number of aromatic nitrogens is 6. The average Bonchev–Trinajstić information content (AvgIpc) is 3.80. The van der Waals surface area contributed by atoms with Crippen LogP contribution >= 0.6 is 0 Å². The number of hydrogen-bond donors (Lipinski definition) is 0. The summed E-state index contributed by atoms with van der Waals surface area (Å²) < 4.78 is 7.12. The number of benzene rings is 5. The molecule has 0 amide bonds. The predicted molar refractivity (Wildman–Crippen MR) is 192 cm³/mol. The van der Waals surface area contributed by atoms with E-state index in [1.54, 1.807) is 0 Å². The van der Waals surface area contributed by atoms with Crippen molar-refractivity contribution in [1.29, 1.82) is 0 Å². The van der Waals surface area contributed by atoms with Gasteiger partial charge in [-0.1, -0.05) is 66.7 Å². The number of imidazole rings is 1. The van der Waals surface area contributed by atoms with E-state index in [2.05, 4.69) is 139 Å². The number of nitrogens with zero attached hydrogens (tertiary/aromatic N) is 6. The number of para-hydroxylation sites is 3. The highest BCUT2D eigenvalue weighted by atomic mass is 15.1. The Balaban J connectivity index is 1.45. The first-order valence-electron chi connectivity index (χ1n) is 15.8. The normalized spacial score (nSPS) is 12.3. The van der Waals surface area contributed by atoms with Crippen LogP contribution in [0.5, 0.6) is 0 Å². The minimum Gasteiger partial charge on any atom is -0.307 e. The maximum atomic E-state index is 5.14. The zero-order valence-electron chi connectivity index (χ0n) is 25.0. The molecule has 6 heteroatoms. The standard InChI is InChI=1S/C41H24N6/c1-3-9-25(10-4-1)45-33-14-8-7-13-27(33)28-15-16-30-38-35(46(40(30)39(28)45)26-11-5-2-6-12-26)18-17-31-37(38)29-19-21-43-24-36(29)47-34-20-22-42-23-32(34)44-41(31)47/h1-24H. The Kier molecular flexibility index (Phi) is 4.75. The fourth-order valence-corrected chi connectivity index (χ4v) is 7.93. The van der Waals surface area contributed by atoms with Crippen molar-refractivity contribution in [1.82, 2.24) is 28.5 Å². The molecule has 0 saturated carbocycles. The summed E-state index contributed by atoms with van der Waals surface area (Å²) in [6, 6.07) is 43.5. The third-order valence-corrected chi connectivity index (χ3v) is 9.76. The molecule has 218 valence electrons. The minimum absolute atomic E-state index is 0.867. The summed E-state index contributed by atoms with van der Waals surface area (Å²) in [5, 5.41) is 8.28. The van der Waals surface area contributed by atoms with Gasteiger partial charge in [0.25, 0.3) is 0 Å². The summed E-state index contributed by atoms with van der Waals surface area (Å²) in [6.07, 6.45) is 7.53. The summed E-state index contributed by atoms with van der Waals surface area (Å²) in [5.74, 6) is 0. The molecule has 11 aromatic rings. The third kappa shape index (κ3) is 3.16. The van der Waals surface area contributed by atoms with E-state index < -0.39 is 0 Å². The Morgan fingerprint density at radius 3 is 1.89 bits per heavy atom. The van der Waals surface area contributed by atoms with Gasteiger partial charge in [-0.15, -0.1) is 0 Å². The highest BCUT2D eigenvalue weighted by molar-refractivity contribution is 6.33. The summed E-state index contributed by atoms with van der Waals surface area (Å²) in [6.45, 7) is 0. The molecule has 0 saturated heterocycles. The van der Waals surface area contributed by atoms with Crippen molar-refractivity contribution in [3.63, 3.8) is 0 Å². The molecular formula is C41H24N6. The Morgan fingerprint density at radius 1 is 0.404 bits per heavy atom. The first-order chi connectivity index (χ1) is 23.4. The van der Waals surface area contributed by atoms with Crippen molar-refractivity contribution in [3.8, 4) is 11.4 Å². The van der Waals surface area contributed by atoms with Crippen molar-refractivity contribution in [2.75, 3.05) is 0 Å². The summed E-state index contributed by atoms with van der Waals surface area (Å²) in [4.78, 5) is 14.1. The maximum Gasteiger partial charge on any atom is 0.146 e. The molecule has 0 atom stereocenters. The van der Waals surface area contributed by atoms with Crippen LogP contribution < -0.4 is 0 Å². The van der Waals surface area contributed by atoms with Crippen molar-refractivity contribution in [2.24, 2.45) is 0 Å². The van der Waals surface area contributed by atoms with Crippen LogP contribution in [0.1, 0.15) is 0 Å². The van der Waals surface area contributed by atoms with E-state index >= 15 is 0 Å². The quantitative estimate of drug-likeness (QED) is 0.186. The van der Waals surface area contributed by atoms with Crippen molar-refractivity contribution >= 4 is 82.0 Å². The minimum atomic E-state index is 0.867. The van der Waals surface area contributed by atoms with Crippen LogP contribution in [0.15, 0.2) is 146 Å². The van der Waals surface area contributed by atoms with E-state index in [1.165, 1.54) is 43.5 Å². The summed E-state index contributed by atoms with van der Waals surface area (Å²) in [5.41, 5.74) is 10.8. The lowest BCUT2D eigenvalue weighted by Gasteiger charge is -2.12. The number of pyridine rings is 3. The van der Waals surface area contributed by atoms with Gasteiger partial charge < -0.3 is 9.13 Å². The van der Waals surface area contributed by atoms with E-state index in [-0.39, 0.29) is 0 Å². The van der Waals surface area contributed by atoms with Gasteiger partial charge in [-0.2, -0.15) is 0 Å². The van der Waals surface area contributed by atoms with Crippen LogP contribution in [0.25, 0.3) is 93.3 Å². The SMILES string of the molecule is c1ccc(-n2c3ccccc3c3ccc4c5c6c7ccncc7n7c8ccncc8nc7c6ccc5n(-c5ccccc5)c4c32)cc1. The van der Waals surface area contributed by atoms with E-state index in [9.17, 15) is 0 Å². The van der Waals surface area contributed by atoms with Gasteiger partial charge in [0.15, 0.2) is 0 Å². The smallest absolute Gasteiger partial charge is 0.146 e. The van der Waals surface area contributed by atoms with Crippen molar-refractivity contribution in [3.05, 3.63) is 146 Å². The van der Waals surface area contributed by atoms with Gasteiger partial charge in [0.05, 0.1) is 45.5 Å². The van der Waals surface area contributed by atoms with Crippen molar-refractivity contribution < 1.29 is 0 Å². The molecule has 0 aliphatic rings. The molecule has 11 rings (SSSR count). The molecule has 0 spiro atoms. The molecule has 6 aromatic heterocycles. The first kappa shape index (κ1) is 24.8. The van der Waals surface area contributed by atoms with E-state index in [0.29, 0.717) is 0 Å². The Hall–Kier alpha value is -6.53. The highest BCUT2D eigenvalue weighted by Gasteiger charge is 2.24. The zero-order valence-corrected chi connectivity index (χ0v) is 25.0. The number of rotatable bonds is 2. The largest absolute Gasteiger partial charge is 0.307 e. The molecule has 0 bridgehead atoms. The molecule has 6 nitrogen and oxygen atoms in total. The second kappa shape index (κ2) is 9.02. The van der Waals surface area contributed by atoms with Gasteiger partial charge in [0, 0.05) is 61.5 Å². The lowest BCUT2D eigenvalue weighted by molar-refractivity contribution is 1.15.